The molecular formula is C16H16O3. The monoisotopic (exact) mass is 256 g/mol. The van der Waals surface area contributed by atoms with E-state index in [0.29, 0.717) is 5.56 Å². The fourth-order valence-corrected chi connectivity index (χ4v) is 1.99. The molecular weight excluding hydrogens is 240 g/mol. The molecule has 0 saturated heterocycles. The van der Waals surface area contributed by atoms with Crippen molar-refractivity contribution in [2.24, 2.45) is 0 Å². The third-order valence-corrected chi connectivity index (χ3v) is 3.32. The molecule has 0 saturated carbocycles. The smallest absolute Gasteiger partial charge is 0.340 e. The molecule has 1 unspecified atom stereocenters. The summed E-state index contributed by atoms with van der Waals surface area (Å²) in [4.78, 5) is 11.0. The number of benzene rings is 2. The maximum Gasteiger partial charge on any atom is 0.340 e. The highest BCUT2D eigenvalue weighted by molar-refractivity contribution is 5.79. The highest BCUT2D eigenvalue weighted by Gasteiger charge is 2.31. The molecule has 0 aliphatic carbocycles. The number of hydrogen-bond acceptors (Lipinski definition) is 2. The topological polar surface area (TPSA) is 57.5 Å². The molecule has 0 aliphatic heterocycles. The summed E-state index contributed by atoms with van der Waals surface area (Å²) in [7, 11) is 0. The van der Waals surface area contributed by atoms with Gasteiger partial charge in [0, 0.05) is 0 Å². The van der Waals surface area contributed by atoms with E-state index in [1.165, 1.54) is 6.92 Å². The van der Waals surface area contributed by atoms with Crippen LogP contribution in [0.2, 0.25) is 0 Å². The summed E-state index contributed by atoms with van der Waals surface area (Å²) in [5.41, 5.74) is 1.77. The number of carbonyl (C=O) groups is 1. The summed E-state index contributed by atoms with van der Waals surface area (Å²) in [6.45, 7) is 3.30. The van der Waals surface area contributed by atoms with Gasteiger partial charge in [0.25, 0.3) is 0 Å². The van der Waals surface area contributed by atoms with Crippen molar-refractivity contribution in [1.29, 1.82) is 0 Å². The van der Waals surface area contributed by atoms with Crippen molar-refractivity contribution >= 4 is 5.97 Å². The maximum atomic E-state index is 11.0. The van der Waals surface area contributed by atoms with Crippen LogP contribution in [-0.4, -0.2) is 16.2 Å². The van der Waals surface area contributed by atoms with E-state index < -0.39 is 11.6 Å². The quantitative estimate of drug-likeness (QED) is 0.887. The van der Waals surface area contributed by atoms with Gasteiger partial charge in [-0.2, -0.15) is 0 Å². The molecule has 3 heteroatoms. The zero-order valence-electron chi connectivity index (χ0n) is 10.9. The summed E-state index contributed by atoms with van der Waals surface area (Å²) >= 11 is 0. The summed E-state index contributed by atoms with van der Waals surface area (Å²) in [6, 6.07) is 14.9. The summed E-state index contributed by atoms with van der Waals surface area (Å²) in [5, 5.41) is 18.9. The summed E-state index contributed by atoms with van der Waals surface area (Å²) in [6.07, 6.45) is 0. The van der Waals surface area contributed by atoms with E-state index >= 15 is 0 Å². The SMILES string of the molecule is Cc1ccccc1-c1ccc(C(C)(O)C(=O)O)cc1. The van der Waals surface area contributed by atoms with Crippen molar-refractivity contribution in [1.82, 2.24) is 0 Å². The lowest BCUT2D eigenvalue weighted by atomic mass is 9.93. The highest BCUT2D eigenvalue weighted by Crippen LogP contribution is 2.27. The first kappa shape index (κ1) is 13.3. The average molecular weight is 256 g/mol. The van der Waals surface area contributed by atoms with Crippen LogP contribution in [0.4, 0.5) is 0 Å². The highest BCUT2D eigenvalue weighted by atomic mass is 16.4. The predicted octanol–water partition coefficient (Wildman–Crippen LogP) is 2.95. The van der Waals surface area contributed by atoms with Gasteiger partial charge in [-0.25, -0.2) is 4.79 Å². The zero-order valence-corrected chi connectivity index (χ0v) is 10.9. The van der Waals surface area contributed by atoms with Crippen LogP contribution in [-0.2, 0) is 10.4 Å². The minimum atomic E-state index is -1.86. The van der Waals surface area contributed by atoms with Crippen LogP contribution < -0.4 is 0 Å². The Morgan fingerprint density at radius 1 is 1.05 bits per heavy atom. The van der Waals surface area contributed by atoms with E-state index in [0.717, 1.165) is 16.7 Å². The van der Waals surface area contributed by atoms with Gasteiger partial charge in [-0.1, -0.05) is 48.5 Å². The molecule has 1 atom stereocenters. The second-order valence-electron chi connectivity index (χ2n) is 4.77. The first-order valence-electron chi connectivity index (χ1n) is 6.05. The fourth-order valence-electron chi connectivity index (χ4n) is 1.99. The molecule has 98 valence electrons. The molecule has 0 aromatic heterocycles. The second-order valence-corrected chi connectivity index (χ2v) is 4.77. The third kappa shape index (κ3) is 2.51. The molecule has 19 heavy (non-hydrogen) atoms. The van der Waals surface area contributed by atoms with E-state index in [9.17, 15) is 9.90 Å². The van der Waals surface area contributed by atoms with Gasteiger partial charge in [0.05, 0.1) is 0 Å². The molecule has 3 nitrogen and oxygen atoms in total. The maximum absolute atomic E-state index is 11.0. The van der Waals surface area contributed by atoms with Crippen LogP contribution in [0.5, 0.6) is 0 Å². The van der Waals surface area contributed by atoms with E-state index in [1.54, 1.807) is 12.1 Å². The Balaban J connectivity index is 2.40. The largest absolute Gasteiger partial charge is 0.479 e. The molecule has 0 amide bonds. The van der Waals surface area contributed by atoms with Crippen molar-refractivity contribution in [3.05, 3.63) is 59.7 Å². The van der Waals surface area contributed by atoms with Crippen LogP contribution in [0.15, 0.2) is 48.5 Å². The molecule has 2 rings (SSSR count). The number of aliphatic hydroxyl groups is 1. The molecule has 0 fully saturated rings. The van der Waals surface area contributed by atoms with Crippen molar-refractivity contribution < 1.29 is 15.0 Å². The molecule has 2 aromatic rings. The molecule has 0 heterocycles. The number of aliphatic carboxylic acids is 1. The van der Waals surface area contributed by atoms with E-state index in [2.05, 4.69) is 0 Å². The fraction of sp³-hybridized carbons (Fsp3) is 0.188. The lowest BCUT2D eigenvalue weighted by Gasteiger charge is -2.18. The standard InChI is InChI=1S/C16H16O3/c1-11-5-3-4-6-14(11)12-7-9-13(10-8-12)16(2,19)15(17)18/h3-10,19H,1-2H3,(H,17,18). The predicted molar refractivity (Wildman–Crippen MR) is 73.8 cm³/mol. The van der Waals surface area contributed by atoms with Crippen LogP contribution >= 0.6 is 0 Å². The first-order chi connectivity index (χ1) is 8.93. The van der Waals surface area contributed by atoms with Gasteiger partial charge in [0.15, 0.2) is 5.60 Å². The van der Waals surface area contributed by atoms with Gasteiger partial charge in [-0.05, 0) is 36.1 Å². The van der Waals surface area contributed by atoms with Crippen LogP contribution in [0.25, 0.3) is 11.1 Å². The van der Waals surface area contributed by atoms with Gasteiger partial charge in [0.2, 0.25) is 0 Å². The van der Waals surface area contributed by atoms with Crippen LogP contribution in [0.1, 0.15) is 18.1 Å². The Morgan fingerprint density at radius 3 is 2.16 bits per heavy atom. The van der Waals surface area contributed by atoms with Crippen molar-refractivity contribution in [3.8, 4) is 11.1 Å². The van der Waals surface area contributed by atoms with Gasteiger partial charge in [-0.3, -0.25) is 0 Å². The molecule has 2 aromatic carbocycles. The summed E-state index contributed by atoms with van der Waals surface area (Å²) < 4.78 is 0. The number of hydrogen-bond donors (Lipinski definition) is 2. The lowest BCUT2D eigenvalue weighted by molar-refractivity contribution is -0.157. The van der Waals surface area contributed by atoms with Gasteiger partial charge < -0.3 is 10.2 Å². The molecule has 0 aliphatic rings. The van der Waals surface area contributed by atoms with Crippen LogP contribution in [0, 0.1) is 6.92 Å². The molecule has 0 radical (unpaired) electrons. The zero-order chi connectivity index (χ0) is 14.0. The number of carboxylic acids is 1. The molecule has 0 bridgehead atoms. The van der Waals surface area contributed by atoms with E-state index in [4.69, 9.17) is 5.11 Å². The Labute approximate surface area is 112 Å². The van der Waals surface area contributed by atoms with Crippen molar-refractivity contribution in [2.75, 3.05) is 0 Å². The van der Waals surface area contributed by atoms with Crippen molar-refractivity contribution in [2.45, 2.75) is 19.4 Å². The van der Waals surface area contributed by atoms with Gasteiger partial charge in [-0.15, -0.1) is 0 Å². The average Bonchev–Trinajstić information content (AvgIpc) is 2.39. The number of carboxylic acid groups (broad SMARTS) is 1. The first-order valence-corrected chi connectivity index (χ1v) is 6.05. The second kappa shape index (κ2) is 4.86. The van der Waals surface area contributed by atoms with Crippen LogP contribution in [0.3, 0.4) is 0 Å². The Hall–Kier alpha value is -2.13. The van der Waals surface area contributed by atoms with Gasteiger partial charge in [0.1, 0.15) is 0 Å². The Morgan fingerprint density at radius 2 is 1.63 bits per heavy atom. The minimum Gasteiger partial charge on any atom is -0.479 e. The molecule has 0 spiro atoms. The van der Waals surface area contributed by atoms with E-state index in [1.807, 2.05) is 43.3 Å². The van der Waals surface area contributed by atoms with Gasteiger partial charge >= 0.3 is 5.97 Å². The number of rotatable bonds is 3. The lowest BCUT2D eigenvalue weighted by Crippen LogP contribution is -2.31. The normalized spacial score (nSPS) is 13.8. The Bertz CT molecular complexity index is 598. The summed E-state index contributed by atoms with van der Waals surface area (Å²) in [5.74, 6) is -1.25. The van der Waals surface area contributed by atoms with Crippen molar-refractivity contribution in [3.63, 3.8) is 0 Å². The Kier molecular flexibility index (Phi) is 3.40. The minimum absolute atomic E-state index is 0.373. The number of aryl methyl sites for hydroxylation is 1. The molecule has 2 N–H and O–H groups in total. The van der Waals surface area contributed by atoms with E-state index in [-0.39, 0.29) is 0 Å². The third-order valence-electron chi connectivity index (χ3n) is 3.32.